The van der Waals surface area contributed by atoms with Gasteiger partial charge in [0, 0.05) is 40.8 Å². The summed E-state index contributed by atoms with van der Waals surface area (Å²) in [6, 6.07) is 20.4. The molecule has 0 aliphatic heterocycles. The fraction of sp³-hybridized carbons (Fsp3) is 0.409. The number of nitrogens with one attached hydrogen (secondary N) is 2. The van der Waals surface area contributed by atoms with E-state index in [-0.39, 0.29) is 29.4 Å². The Morgan fingerprint density at radius 2 is 1.61 bits per heavy atom. The molecule has 0 amide bonds. The van der Waals surface area contributed by atoms with E-state index in [0.29, 0.717) is 24.6 Å². The summed E-state index contributed by atoms with van der Waals surface area (Å²) >= 11 is 0. The van der Waals surface area contributed by atoms with Crippen molar-refractivity contribution in [2.75, 3.05) is 25.4 Å². The lowest BCUT2D eigenvalue weighted by Gasteiger charge is -2.24. The highest BCUT2D eigenvalue weighted by molar-refractivity contribution is 14.0. The molecule has 0 spiro atoms. The summed E-state index contributed by atoms with van der Waals surface area (Å²) in [5, 5.41) is 6.58. The molecule has 1 unspecified atom stereocenters. The minimum absolute atomic E-state index is 0. The van der Waals surface area contributed by atoms with Gasteiger partial charge in [-0.1, -0.05) is 74.5 Å². The molecule has 0 fully saturated rings. The van der Waals surface area contributed by atoms with Gasteiger partial charge >= 0.3 is 0 Å². The summed E-state index contributed by atoms with van der Waals surface area (Å²) in [4.78, 5) is 4.74. The zero-order valence-corrected chi connectivity index (χ0v) is 20.1. The molecule has 0 saturated heterocycles. The lowest BCUT2D eigenvalue weighted by molar-refractivity contribution is 0.537. The molecule has 2 rings (SSSR count). The van der Waals surface area contributed by atoms with Crippen LogP contribution in [0.5, 0.6) is 0 Å². The molecule has 6 heteroatoms. The van der Waals surface area contributed by atoms with Crippen molar-refractivity contribution in [3.63, 3.8) is 0 Å². The molecule has 0 radical (unpaired) electrons. The molecule has 0 aliphatic carbocycles. The van der Waals surface area contributed by atoms with Gasteiger partial charge in [-0.3, -0.25) is 9.20 Å². The number of hydrogen-bond donors (Lipinski definition) is 2. The zero-order chi connectivity index (χ0) is 19.5. The predicted molar refractivity (Wildman–Crippen MR) is 132 cm³/mol. The predicted octanol–water partition coefficient (Wildman–Crippen LogP) is 4.09. The Kier molecular flexibility index (Phi) is 11.4. The summed E-state index contributed by atoms with van der Waals surface area (Å²) in [6.07, 6.45) is 0. The third kappa shape index (κ3) is 8.73. The second kappa shape index (κ2) is 12.9. The number of rotatable bonds is 9. The summed E-state index contributed by atoms with van der Waals surface area (Å²) < 4.78 is 12.3. The number of guanidine groups is 1. The molecular weight excluding hydrogens is 481 g/mol. The van der Waals surface area contributed by atoms with Crippen LogP contribution in [-0.4, -0.2) is 35.6 Å². The molecule has 2 aromatic carbocycles. The van der Waals surface area contributed by atoms with Crippen molar-refractivity contribution in [2.24, 2.45) is 4.99 Å². The van der Waals surface area contributed by atoms with Gasteiger partial charge in [0.05, 0.1) is 6.54 Å². The van der Waals surface area contributed by atoms with Crippen molar-refractivity contribution in [3.05, 3.63) is 71.8 Å². The molecule has 0 heterocycles. The molecule has 154 valence electrons. The van der Waals surface area contributed by atoms with Crippen LogP contribution in [0.25, 0.3) is 0 Å². The maximum Gasteiger partial charge on any atom is 0.191 e. The number of benzene rings is 2. The van der Waals surface area contributed by atoms with Crippen LogP contribution in [0.1, 0.15) is 31.9 Å². The second-order valence-electron chi connectivity index (χ2n) is 7.15. The first kappa shape index (κ1) is 24.6. The zero-order valence-electron chi connectivity index (χ0n) is 17.0. The Bertz CT molecular complexity index is 736. The summed E-state index contributed by atoms with van der Waals surface area (Å²) in [6.45, 7) is 8.56. The summed E-state index contributed by atoms with van der Waals surface area (Å²) in [7, 11) is -0.887. The number of aliphatic imine (C=N–C) groups is 1. The molecule has 4 nitrogen and oxygen atoms in total. The van der Waals surface area contributed by atoms with Crippen molar-refractivity contribution in [1.29, 1.82) is 0 Å². The van der Waals surface area contributed by atoms with Gasteiger partial charge in [-0.05, 0) is 18.1 Å². The highest BCUT2D eigenvalue weighted by Gasteiger charge is 2.20. The number of hydrogen-bond acceptors (Lipinski definition) is 2. The summed E-state index contributed by atoms with van der Waals surface area (Å²) in [5.74, 6) is 1.97. The normalized spacial score (nSPS) is 12.8. The molecule has 0 aliphatic rings. The number of halogens is 1. The van der Waals surface area contributed by atoms with E-state index in [4.69, 9.17) is 4.99 Å². The van der Waals surface area contributed by atoms with Gasteiger partial charge in [-0.15, -0.1) is 24.0 Å². The first-order valence-electron chi connectivity index (χ1n) is 9.48. The fourth-order valence-electron chi connectivity index (χ4n) is 2.71. The molecule has 2 N–H and O–H groups in total. The molecule has 2 aromatic rings. The lowest BCUT2D eigenvalue weighted by atomic mass is 9.85. The van der Waals surface area contributed by atoms with Gasteiger partial charge in [0.2, 0.25) is 0 Å². The average Bonchev–Trinajstić information content (AvgIpc) is 2.67. The van der Waals surface area contributed by atoms with Crippen LogP contribution in [-0.2, 0) is 22.0 Å². The third-order valence-corrected chi connectivity index (χ3v) is 5.64. The fourth-order valence-corrected chi connectivity index (χ4v) is 3.75. The van der Waals surface area contributed by atoms with Crippen LogP contribution in [0.15, 0.2) is 65.7 Å². The minimum Gasteiger partial charge on any atom is -0.357 e. The highest BCUT2D eigenvalue weighted by atomic mass is 127. The maximum atomic E-state index is 12.3. The minimum atomic E-state index is -0.887. The van der Waals surface area contributed by atoms with E-state index >= 15 is 0 Å². The molecule has 0 aromatic heterocycles. The average molecular weight is 513 g/mol. The van der Waals surface area contributed by atoms with Gasteiger partial charge in [-0.2, -0.15) is 0 Å². The first-order chi connectivity index (χ1) is 13.0. The van der Waals surface area contributed by atoms with Crippen molar-refractivity contribution in [3.8, 4) is 0 Å². The van der Waals surface area contributed by atoms with E-state index in [2.05, 4.69) is 48.7 Å². The van der Waals surface area contributed by atoms with Gasteiger partial charge in [0.25, 0.3) is 0 Å². The quantitative estimate of drug-likeness (QED) is 0.302. The van der Waals surface area contributed by atoms with Crippen molar-refractivity contribution < 1.29 is 4.21 Å². The van der Waals surface area contributed by atoms with Crippen molar-refractivity contribution in [2.45, 2.75) is 31.9 Å². The van der Waals surface area contributed by atoms with Crippen LogP contribution in [0.4, 0.5) is 0 Å². The molecule has 1 atom stereocenters. The van der Waals surface area contributed by atoms with Crippen LogP contribution in [0, 0.1) is 0 Å². The second-order valence-corrected chi connectivity index (χ2v) is 8.72. The largest absolute Gasteiger partial charge is 0.357 e. The lowest BCUT2D eigenvalue weighted by Crippen LogP contribution is -2.40. The number of nitrogens with zero attached hydrogens (tertiary/aromatic N) is 1. The Balaban J connectivity index is 0.00000392. The maximum absolute atomic E-state index is 12.3. The van der Waals surface area contributed by atoms with Crippen molar-refractivity contribution in [1.82, 2.24) is 10.6 Å². The van der Waals surface area contributed by atoms with E-state index in [0.717, 1.165) is 18.1 Å². The smallest absolute Gasteiger partial charge is 0.191 e. The monoisotopic (exact) mass is 513 g/mol. The first-order valence-corrected chi connectivity index (χ1v) is 11.0. The van der Waals surface area contributed by atoms with Gasteiger partial charge in [0.1, 0.15) is 0 Å². The standard InChI is InChI=1S/C22H31N3OS.HI/c1-4-23-21(25-18-22(2,3)20-13-9-6-10-14-20)24-15-16-27(26)17-19-11-7-5-8-12-19;/h5-14H,4,15-18H2,1-3H3,(H2,23,24,25);1H. The molecule has 0 saturated carbocycles. The third-order valence-electron chi connectivity index (χ3n) is 4.32. The Morgan fingerprint density at radius 1 is 1.00 bits per heavy atom. The van der Waals surface area contributed by atoms with E-state index < -0.39 is 10.8 Å². The Hall–Kier alpha value is -1.41. The van der Waals surface area contributed by atoms with Crippen LogP contribution in [0.3, 0.4) is 0 Å². The van der Waals surface area contributed by atoms with Crippen LogP contribution in [0.2, 0.25) is 0 Å². The summed E-state index contributed by atoms with van der Waals surface area (Å²) in [5.41, 5.74) is 2.34. The molecule has 28 heavy (non-hydrogen) atoms. The Labute approximate surface area is 189 Å². The van der Waals surface area contributed by atoms with E-state index in [1.807, 2.05) is 43.3 Å². The molecular formula is C22H32IN3OS. The van der Waals surface area contributed by atoms with E-state index in [1.165, 1.54) is 5.56 Å². The van der Waals surface area contributed by atoms with Gasteiger partial charge in [0.15, 0.2) is 5.96 Å². The Morgan fingerprint density at radius 3 is 2.21 bits per heavy atom. The van der Waals surface area contributed by atoms with Gasteiger partial charge in [-0.25, -0.2) is 0 Å². The van der Waals surface area contributed by atoms with Gasteiger partial charge < -0.3 is 10.6 Å². The molecule has 0 bridgehead atoms. The topological polar surface area (TPSA) is 53.5 Å². The van der Waals surface area contributed by atoms with Crippen LogP contribution >= 0.6 is 24.0 Å². The SMILES string of the molecule is CCNC(=NCC(C)(C)c1ccccc1)NCCS(=O)Cc1ccccc1.I. The van der Waals surface area contributed by atoms with Crippen molar-refractivity contribution >= 4 is 40.7 Å². The highest BCUT2D eigenvalue weighted by Crippen LogP contribution is 2.22. The van der Waals surface area contributed by atoms with E-state index in [9.17, 15) is 4.21 Å². The van der Waals surface area contributed by atoms with Crippen LogP contribution < -0.4 is 10.6 Å². The van der Waals surface area contributed by atoms with E-state index in [1.54, 1.807) is 0 Å².